The van der Waals surface area contributed by atoms with Gasteiger partial charge in [0.15, 0.2) is 0 Å². The molecule has 110 valence electrons. The molecule has 1 aliphatic rings. The van der Waals surface area contributed by atoms with Crippen molar-refractivity contribution in [3.05, 3.63) is 33.9 Å². The van der Waals surface area contributed by atoms with Crippen LogP contribution >= 0.6 is 0 Å². The van der Waals surface area contributed by atoms with Gasteiger partial charge in [0.1, 0.15) is 12.4 Å². The number of nitrogens with zero attached hydrogens (tertiary/aromatic N) is 1. The summed E-state index contributed by atoms with van der Waals surface area (Å²) in [5.41, 5.74) is 0.783. The Labute approximate surface area is 117 Å². The summed E-state index contributed by atoms with van der Waals surface area (Å²) in [6, 6.07) is 4.73. The second-order valence-electron chi connectivity index (χ2n) is 4.80. The van der Waals surface area contributed by atoms with Crippen LogP contribution in [0.1, 0.15) is 24.8 Å². The average molecular weight is 281 g/mol. The minimum Gasteiger partial charge on any atom is -0.491 e. The number of benzene rings is 1. The number of nitro benzene ring substituents is 1. The molecule has 1 aromatic carbocycles. The van der Waals surface area contributed by atoms with Crippen molar-refractivity contribution in [1.82, 2.24) is 0 Å². The fourth-order valence-corrected chi connectivity index (χ4v) is 1.91. The summed E-state index contributed by atoms with van der Waals surface area (Å²) in [4.78, 5) is 10.5. The molecule has 0 aliphatic heterocycles. The van der Waals surface area contributed by atoms with Crippen molar-refractivity contribution in [2.45, 2.75) is 32.0 Å². The first-order valence-electron chi connectivity index (χ1n) is 6.70. The molecule has 1 fully saturated rings. The summed E-state index contributed by atoms with van der Waals surface area (Å²) in [7, 11) is 1.58. The first-order valence-corrected chi connectivity index (χ1v) is 6.70. The van der Waals surface area contributed by atoms with Gasteiger partial charge >= 0.3 is 0 Å². The third-order valence-corrected chi connectivity index (χ3v) is 3.26. The van der Waals surface area contributed by atoms with E-state index in [-0.39, 0.29) is 5.69 Å². The van der Waals surface area contributed by atoms with E-state index in [1.165, 1.54) is 18.6 Å². The Balaban J connectivity index is 2.01. The van der Waals surface area contributed by atoms with Crippen molar-refractivity contribution in [3.8, 4) is 5.75 Å². The fraction of sp³-hybridized carbons (Fsp3) is 0.571. The molecule has 1 aliphatic carbocycles. The van der Waals surface area contributed by atoms with Gasteiger partial charge in [0, 0.05) is 13.2 Å². The normalized spacial score (nSPS) is 14.8. The van der Waals surface area contributed by atoms with Gasteiger partial charge in [-0.05, 0) is 30.9 Å². The molecule has 6 nitrogen and oxygen atoms in total. The lowest BCUT2D eigenvalue weighted by Crippen LogP contribution is -2.21. The highest BCUT2D eigenvalue weighted by atomic mass is 16.6. The van der Waals surface area contributed by atoms with Gasteiger partial charge in [-0.15, -0.1) is 0 Å². The minimum atomic E-state index is -0.421. The second-order valence-corrected chi connectivity index (χ2v) is 4.80. The summed E-state index contributed by atoms with van der Waals surface area (Å²) in [6.07, 6.45) is 3.65. The standard InChI is InChI=1S/C14H19NO5/c1-18-5-6-19-14-8-11(7-12(9-14)15(16)17)10-20-13-3-2-4-13/h7-9,13H,2-6,10H2,1H3. The van der Waals surface area contributed by atoms with Gasteiger partial charge < -0.3 is 14.2 Å². The van der Waals surface area contributed by atoms with Crippen molar-refractivity contribution in [2.75, 3.05) is 20.3 Å². The van der Waals surface area contributed by atoms with Gasteiger partial charge in [0.2, 0.25) is 0 Å². The molecule has 0 N–H and O–H groups in total. The fourth-order valence-electron chi connectivity index (χ4n) is 1.91. The highest BCUT2D eigenvalue weighted by molar-refractivity contribution is 5.42. The zero-order chi connectivity index (χ0) is 14.4. The molecular weight excluding hydrogens is 262 g/mol. The Morgan fingerprint density at radius 2 is 2.10 bits per heavy atom. The number of ether oxygens (including phenoxy) is 3. The number of hydrogen-bond donors (Lipinski definition) is 0. The lowest BCUT2D eigenvalue weighted by atomic mass is 9.96. The molecular formula is C14H19NO5. The summed E-state index contributed by atoms with van der Waals surface area (Å²) in [5.74, 6) is 0.475. The Morgan fingerprint density at radius 3 is 2.70 bits per heavy atom. The number of nitro groups is 1. The molecule has 0 radical (unpaired) electrons. The molecule has 0 spiro atoms. The minimum absolute atomic E-state index is 0.0205. The van der Waals surface area contributed by atoms with Crippen molar-refractivity contribution < 1.29 is 19.1 Å². The Morgan fingerprint density at radius 1 is 1.30 bits per heavy atom. The van der Waals surface area contributed by atoms with Crippen molar-refractivity contribution >= 4 is 5.69 Å². The lowest BCUT2D eigenvalue weighted by Gasteiger charge is -2.25. The monoisotopic (exact) mass is 281 g/mol. The van der Waals surface area contributed by atoms with Crippen LogP contribution in [0.2, 0.25) is 0 Å². The SMILES string of the molecule is COCCOc1cc(COC2CCC2)cc([N+](=O)[O-])c1. The van der Waals surface area contributed by atoms with E-state index in [1.807, 2.05) is 0 Å². The molecule has 0 atom stereocenters. The first kappa shape index (κ1) is 14.7. The summed E-state index contributed by atoms with van der Waals surface area (Å²) in [5, 5.41) is 10.9. The molecule has 0 saturated heterocycles. The van der Waals surface area contributed by atoms with Crippen LogP contribution in [0.3, 0.4) is 0 Å². The smallest absolute Gasteiger partial charge is 0.273 e. The Kier molecular flexibility index (Phi) is 5.31. The topological polar surface area (TPSA) is 70.8 Å². The largest absolute Gasteiger partial charge is 0.491 e. The van der Waals surface area contributed by atoms with Gasteiger partial charge in [0.25, 0.3) is 5.69 Å². The number of rotatable bonds is 8. The third-order valence-electron chi connectivity index (χ3n) is 3.26. The van der Waals surface area contributed by atoms with Gasteiger partial charge in [-0.2, -0.15) is 0 Å². The van der Waals surface area contributed by atoms with Crippen molar-refractivity contribution in [2.24, 2.45) is 0 Å². The van der Waals surface area contributed by atoms with Gasteiger partial charge in [-0.25, -0.2) is 0 Å². The molecule has 1 aromatic rings. The van der Waals surface area contributed by atoms with Crippen LogP contribution < -0.4 is 4.74 Å². The van der Waals surface area contributed by atoms with Crippen LogP contribution in [-0.2, 0) is 16.1 Å². The van der Waals surface area contributed by atoms with E-state index in [1.54, 1.807) is 13.2 Å². The van der Waals surface area contributed by atoms with Crippen LogP contribution in [-0.4, -0.2) is 31.4 Å². The first-order chi connectivity index (χ1) is 9.69. The maximum absolute atomic E-state index is 10.9. The highest BCUT2D eigenvalue weighted by Gasteiger charge is 2.18. The highest BCUT2D eigenvalue weighted by Crippen LogP contribution is 2.26. The Bertz CT molecular complexity index is 459. The Hall–Kier alpha value is -1.66. The van der Waals surface area contributed by atoms with E-state index in [2.05, 4.69) is 0 Å². The van der Waals surface area contributed by atoms with Crippen LogP contribution in [0.5, 0.6) is 5.75 Å². The summed E-state index contributed by atoms with van der Waals surface area (Å²) >= 11 is 0. The molecule has 0 bridgehead atoms. The van der Waals surface area contributed by atoms with Crippen LogP contribution in [0, 0.1) is 10.1 Å². The maximum Gasteiger partial charge on any atom is 0.273 e. The molecule has 1 saturated carbocycles. The summed E-state index contributed by atoms with van der Waals surface area (Å²) < 4.78 is 16.0. The number of non-ortho nitro benzene ring substituents is 1. The molecule has 6 heteroatoms. The predicted molar refractivity (Wildman–Crippen MR) is 72.9 cm³/mol. The van der Waals surface area contributed by atoms with Crippen LogP contribution in [0.25, 0.3) is 0 Å². The number of methoxy groups -OCH3 is 1. The van der Waals surface area contributed by atoms with E-state index >= 15 is 0 Å². The van der Waals surface area contributed by atoms with E-state index in [0.29, 0.717) is 31.7 Å². The van der Waals surface area contributed by atoms with E-state index < -0.39 is 4.92 Å². The molecule has 0 aromatic heterocycles. The summed E-state index contributed by atoms with van der Waals surface area (Å²) in [6.45, 7) is 1.18. The molecule has 0 heterocycles. The molecule has 0 amide bonds. The van der Waals surface area contributed by atoms with Gasteiger partial charge in [0.05, 0.1) is 30.3 Å². The lowest BCUT2D eigenvalue weighted by molar-refractivity contribution is -0.385. The van der Waals surface area contributed by atoms with Crippen LogP contribution in [0.4, 0.5) is 5.69 Å². The molecule has 20 heavy (non-hydrogen) atoms. The quantitative estimate of drug-likeness (QED) is 0.416. The van der Waals surface area contributed by atoms with Crippen molar-refractivity contribution in [1.29, 1.82) is 0 Å². The van der Waals surface area contributed by atoms with Gasteiger partial charge in [-0.3, -0.25) is 10.1 Å². The number of hydrogen-bond acceptors (Lipinski definition) is 5. The zero-order valence-corrected chi connectivity index (χ0v) is 11.5. The van der Waals surface area contributed by atoms with Crippen LogP contribution in [0.15, 0.2) is 18.2 Å². The van der Waals surface area contributed by atoms with Crippen molar-refractivity contribution in [3.63, 3.8) is 0 Å². The molecule has 2 rings (SSSR count). The second kappa shape index (κ2) is 7.21. The van der Waals surface area contributed by atoms with E-state index in [9.17, 15) is 10.1 Å². The van der Waals surface area contributed by atoms with E-state index in [4.69, 9.17) is 14.2 Å². The predicted octanol–water partition coefficient (Wildman–Crippen LogP) is 2.69. The van der Waals surface area contributed by atoms with Gasteiger partial charge in [-0.1, -0.05) is 0 Å². The van der Waals surface area contributed by atoms with E-state index in [0.717, 1.165) is 18.4 Å². The molecule has 0 unspecified atom stereocenters. The zero-order valence-electron chi connectivity index (χ0n) is 11.5. The average Bonchev–Trinajstić information content (AvgIpc) is 2.37. The third kappa shape index (κ3) is 4.18. The maximum atomic E-state index is 10.9.